The number of aliphatic hydroxyl groups is 1. The Kier molecular flexibility index (Phi) is 6.82. The fraction of sp³-hybridized carbons (Fsp3) is 0.667. The minimum atomic E-state index is -0.907. The zero-order valence-corrected chi connectivity index (χ0v) is 21.5. The van der Waals surface area contributed by atoms with E-state index in [4.69, 9.17) is 4.74 Å². The van der Waals surface area contributed by atoms with Gasteiger partial charge < -0.3 is 25.0 Å². The lowest BCUT2D eigenvalue weighted by Gasteiger charge is -2.36. The molecule has 196 valence electrons. The van der Waals surface area contributed by atoms with Crippen LogP contribution >= 0.6 is 0 Å². The van der Waals surface area contributed by atoms with Gasteiger partial charge in [-0.25, -0.2) is 0 Å². The molecule has 0 radical (unpaired) electrons. The number of likely N-dealkylation sites (tertiary alicyclic amines) is 1. The summed E-state index contributed by atoms with van der Waals surface area (Å²) in [6.45, 7) is 10.0. The molecule has 3 heterocycles. The van der Waals surface area contributed by atoms with Crippen LogP contribution in [0.5, 0.6) is 0 Å². The Morgan fingerprint density at radius 3 is 2.39 bits per heavy atom. The molecular weight excluding hydrogens is 460 g/mol. The van der Waals surface area contributed by atoms with Crippen molar-refractivity contribution in [3.63, 3.8) is 0 Å². The van der Waals surface area contributed by atoms with Crippen LogP contribution in [0.2, 0.25) is 0 Å². The number of β-amino-alcohol motifs (C(OH)–C–C–N with tert-alkyl or cyclic N) is 1. The third kappa shape index (κ3) is 5.28. The first-order valence-corrected chi connectivity index (χ1v) is 13.1. The third-order valence-corrected chi connectivity index (χ3v) is 7.73. The fourth-order valence-electron chi connectivity index (χ4n) is 5.72. The van der Waals surface area contributed by atoms with Gasteiger partial charge >= 0.3 is 0 Å². The number of piperazine rings is 1. The van der Waals surface area contributed by atoms with Gasteiger partial charge in [0.1, 0.15) is 30.9 Å². The van der Waals surface area contributed by atoms with Gasteiger partial charge in [0.2, 0.25) is 5.91 Å². The number of ether oxygens (including phenoxy) is 1. The van der Waals surface area contributed by atoms with Crippen LogP contribution in [-0.4, -0.2) is 102 Å². The Labute approximate surface area is 212 Å². The number of rotatable bonds is 6. The van der Waals surface area contributed by atoms with Gasteiger partial charge in [0.05, 0.1) is 6.54 Å². The Hall–Kier alpha value is -2.49. The van der Waals surface area contributed by atoms with E-state index in [1.54, 1.807) is 12.1 Å². The SMILES string of the molecule is CC(C)(C)C[C@H](NC(=O)c1ccc(N2CCN(C3CC3)CC2)cc1)C(=O)N1C[C@@H](O)[C@H]2OCC(=O)[C@H]21. The van der Waals surface area contributed by atoms with E-state index in [0.717, 1.165) is 37.9 Å². The standard InChI is InChI=1S/C27H38N4O5/c1-27(2,3)14-20(26(35)31-15-21(32)24-23(31)22(33)16-36-24)28-25(34)17-4-6-18(7-5-17)29-10-12-30(13-11-29)19-8-9-19/h4-7,19-21,23-24,32H,8-16H2,1-3H3,(H,28,34)/t20-,21+,23+,24+/m0/s1. The highest BCUT2D eigenvalue weighted by atomic mass is 16.5. The number of hydrogen-bond donors (Lipinski definition) is 2. The van der Waals surface area contributed by atoms with Crippen LogP contribution in [0.1, 0.15) is 50.4 Å². The van der Waals surface area contributed by atoms with E-state index in [2.05, 4.69) is 15.1 Å². The number of ketones is 1. The van der Waals surface area contributed by atoms with Gasteiger partial charge in [-0.2, -0.15) is 0 Å². The summed E-state index contributed by atoms with van der Waals surface area (Å²) in [6, 6.07) is 6.74. The van der Waals surface area contributed by atoms with Gasteiger partial charge in [0.15, 0.2) is 5.78 Å². The Morgan fingerprint density at radius 1 is 1.11 bits per heavy atom. The van der Waals surface area contributed by atoms with Crippen LogP contribution in [0.15, 0.2) is 24.3 Å². The lowest BCUT2D eigenvalue weighted by atomic mass is 9.87. The van der Waals surface area contributed by atoms with Gasteiger partial charge in [-0.1, -0.05) is 20.8 Å². The molecule has 4 atom stereocenters. The molecule has 2 amide bonds. The largest absolute Gasteiger partial charge is 0.388 e. The first-order chi connectivity index (χ1) is 17.1. The smallest absolute Gasteiger partial charge is 0.251 e. The number of fused-ring (bicyclic) bond motifs is 1. The number of nitrogens with zero attached hydrogens (tertiary/aromatic N) is 3. The van der Waals surface area contributed by atoms with Crippen molar-refractivity contribution in [2.24, 2.45) is 5.41 Å². The maximum absolute atomic E-state index is 13.5. The maximum Gasteiger partial charge on any atom is 0.251 e. The summed E-state index contributed by atoms with van der Waals surface area (Å²) in [5, 5.41) is 13.2. The first kappa shape index (κ1) is 25.2. The number of carbonyl (C=O) groups is 3. The summed E-state index contributed by atoms with van der Waals surface area (Å²) >= 11 is 0. The topological polar surface area (TPSA) is 102 Å². The summed E-state index contributed by atoms with van der Waals surface area (Å²) in [4.78, 5) is 45.4. The molecule has 0 aromatic heterocycles. The number of hydrogen-bond acceptors (Lipinski definition) is 7. The van der Waals surface area contributed by atoms with Crippen molar-refractivity contribution in [2.75, 3.05) is 44.2 Å². The molecule has 3 aliphatic heterocycles. The quantitative estimate of drug-likeness (QED) is 0.604. The van der Waals surface area contributed by atoms with E-state index in [1.807, 2.05) is 32.9 Å². The van der Waals surface area contributed by atoms with Crippen molar-refractivity contribution in [1.29, 1.82) is 0 Å². The third-order valence-electron chi connectivity index (χ3n) is 7.73. The molecule has 1 aromatic carbocycles. The molecule has 4 aliphatic rings. The molecule has 36 heavy (non-hydrogen) atoms. The number of Topliss-reactive ketones (excluding diaryl/α,β-unsaturated/α-hetero) is 1. The first-order valence-electron chi connectivity index (χ1n) is 13.1. The number of anilines is 1. The number of nitrogens with one attached hydrogen (secondary N) is 1. The van der Waals surface area contributed by atoms with Crippen LogP contribution in [0.4, 0.5) is 5.69 Å². The lowest BCUT2D eigenvalue weighted by molar-refractivity contribution is -0.138. The van der Waals surface area contributed by atoms with Gasteiger partial charge in [-0.15, -0.1) is 0 Å². The zero-order chi connectivity index (χ0) is 25.6. The molecule has 2 N–H and O–H groups in total. The molecule has 1 saturated carbocycles. The predicted octanol–water partition coefficient (Wildman–Crippen LogP) is 1.05. The van der Waals surface area contributed by atoms with Crippen molar-refractivity contribution in [1.82, 2.24) is 15.1 Å². The van der Waals surface area contributed by atoms with Crippen LogP contribution in [0.25, 0.3) is 0 Å². The predicted molar refractivity (Wildman–Crippen MR) is 135 cm³/mol. The lowest BCUT2D eigenvalue weighted by Crippen LogP contribution is -2.53. The second kappa shape index (κ2) is 9.76. The Morgan fingerprint density at radius 2 is 1.78 bits per heavy atom. The summed E-state index contributed by atoms with van der Waals surface area (Å²) in [6.07, 6.45) is 1.46. The second-order valence-electron chi connectivity index (χ2n) is 11.8. The Bertz CT molecular complexity index is 994. The molecule has 0 spiro atoms. The minimum Gasteiger partial charge on any atom is -0.388 e. The van der Waals surface area contributed by atoms with Crippen molar-refractivity contribution in [3.8, 4) is 0 Å². The highest BCUT2D eigenvalue weighted by molar-refractivity contribution is 5.99. The van der Waals surface area contributed by atoms with Gasteiger partial charge in [0.25, 0.3) is 5.91 Å². The van der Waals surface area contributed by atoms with Crippen LogP contribution in [0.3, 0.4) is 0 Å². The van der Waals surface area contributed by atoms with E-state index in [0.29, 0.717) is 12.0 Å². The van der Waals surface area contributed by atoms with Crippen LogP contribution in [0, 0.1) is 5.41 Å². The summed E-state index contributed by atoms with van der Waals surface area (Å²) in [5.41, 5.74) is 1.34. The average molecular weight is 499 g/mol. The number of benzene rings is 1. The molecule has 5 rings (SSSR count). The normalized spacial score (nSPS) is 27.8. The Balaban J connectivity index is 1.25. The van der Waals surface area contributed by atoms with Crippen molar-refractivity contribution < 1.29 is 24.2 Å². The van der Waals surface area contributed by atoms with Crippen LogP contribution in [-0.2, 0) is 14.3 Å². The zero-order valence-electron chi connectivity index (χ0n) is 21.5. The van der Waals surface area contributed by atoms with Gasteiger partial charge in [-0.05, 0) is 48.9 Å². The molecule has 4 fully saturated rings. The van der Waals surface area contributed by atoms with E-state index >= 15 is 0 Å². The van der Waals surface area contributed by atoms with E-state index in [9.17, 15) is 19.5 Å². The van der Waals surface area contributed by atoms with Gasteiger partial charge in [-0.3, -0.25) is 19.3 Å². The molecule has 1 aliphatic carbocycles. The second-order valence-corrected chi connectivity index (χ2v) is 11.8. The highest BCUT2D eigenvalue weighted by Gasteiger charge is 2.53. The van der Waals surface area contributed by atoms with E-state index in [1.165, 1.54) is 17.7 Å². The molecule has 9 nitrogen and oxygen atoms in total. The molecule has 0 bridgehead atoms. The molecule has 0 unspecified atom stereocenters. The van der Waals surface area contributed by atoms with Crippen molar-refractivity contribution in [2.45, 2.75) is 70.4 Å². The van der Waals surface area contributed by atoms with E-state index in [-0.39, 0.29) is 36.2 Å². The summed E-state index contributed by atoms with van der Waals surface area (Å²) in [7, 11) is 0. The maximum atomic E-state index is 13.5. The number of amides is 2. The molecule has 3 saturated heterocycles. The summed E-state index contributed by atoms with van der Waals surface area (Å²) in [5.74, 6) is -0.888. The van der Waals surface area contributed by atoms with Crippen molar-refractivity contribution in [3.05, 3.63) is 29.8 Å². The van der Waals surface area contributed by atoms with Gasteiger partial charge in [0, 0.05) is 43.5 Å². The molecule has 1 aromatic rings. The average Bonchev–Trinajstić information content (AvgIpc) is 3.55. The highest BCUT2D eigenvalue weighted by Crippen LogP contribution is 2.31. The monoisotopic (exact) mass is 498 g/mol. The number of carbonyl (C=O) groups excluding carboxylic acids is 3. The minimum absolute atomic E-state index is 0.0269. The molecule has 9 heteroatoms. The van der Waals surface area contributed by atoms with Crippen molar-refractivity contribution >= 4 is 23.3 Å². The fourth-order valence-corrected chi connectivity index (χ4v) is 5.72. The summed E-state index contributed by atoms with van der Waals surface area (Å²) < 4.78 is 5.41. The van der Waals surface area contributed by atoms with E-state index < -0.39 is 24.3 Å². The molecular formula is C27H38N4O5. The van der Waals surface area contributed by atoms with Crippen LogP contribution < -0.4 is 10.2 Å². The number of aliphatic hydroxyl groups excluding tert-OH is 1.